The van der Waals surface area contributed by atoms with Gasteiger partial charge in [0.25, 0.3) is 0 Å². The Morgan fingerprint density at radius 3 is 2.19 bits per heavy atom. The van der Waals surface area contributed by atoms with Crippen LogP contribution in [0.4, 0.5) is 0 Å². The van der Waals surface area contributed by atoms with Gasteiger partial charge < -0.3 is 9.47 Å². The third-order valence-corrected chi connectivity index (χ3v) is 2.98. The number of nitrogens with zero attached hydrogens (tertiary/aromatic N) is 1. The van der Waals surface area contributed by atoms with Gasteiger partial charge in [0.15, 0.2) is 0 Å². The molecule has 0 unspecified atom stereocenters. The van der Waals surface area contributed by atoms with Gasteiger partial charge in [0, 0.05) is 32.0 Å². The lowest BCUT2D eigenvalue weighted by Crippen LogP contribution is -2.39. The minimum absolute atomic E-state index is 0.648. The van der Waals surface area contributed by atoms with Crippen molar-refractivity contribution in [2.45, 2.75) is 32.7 Å². The summed E-state index contributed by atoms with van der Waals surface area (Å²) in [5.41, 5.74) is 0. The first-order chi connectivity index (χ1) is 7.79. The van der Waals surface area contributed by atoms with E-state index in [1.54, 1.807) is 7.11 Å². The minimum Gasteiger partial charge on any atom is -0.383 e. The van der Waals surface area contributed by atoms with E-state index in [2.05, 4.69) is 31.4 Å². The van der Waals surface area contributed by atoms with Gasteiger partial charge in [-0.3, -0.25) is 4.90 Å². The van der Waals surface area contributed by atoms with E-state index in [4.69, 9.17) is 9.47 Å². The lowest BCUT2D eigenvalue weighted by atomic mass is 10.1. The van der Waals surface area contributed by atoms with Crippen LogP contribution in [0.5, 0.6) is 0 Å². The fourth-order valence-corrected chi connectivity index (χ4v) is 1.97. The lowest BCUT2D eigenvalue weighted by molar-refractivity contribution is 0.0714. The van der Waals surface area contributed by atoms with Gasteiger partial charge in [-0.15, -0.1) is 0 Å². The smallest absolute Gasteiger partial charge is 0.0593 e. The van der Waals surface area contributed by atoms with Crippen LogP contribution in [0.25, 0.3) is 0 Å². The Hall–Kier alpha value is 0.230. The Bertz CT molecular complexity index is 143. The van der Waals surface area contributed by atoms with Gasteiger partial charge in [-0.05, 0) is 12.8 Å². The number of thiol groups is 1. The molecule has 0 aromatic heterocycles. The Balaban J connectivity index is 3.88. The first kappa shape index (κ1) is 16.2. The van der Waals surface area contributed by atoms with Gasteiger partial charge >= 0.3 is 0 Å². The van der Waals surface area contributed by atoms with Gasteiger partial charge in [0.1, 0.15) is 0 Å². The molecule has 0 rings (SSSR count). The topological polar surface area (TPSA) is 21.7 Å². The van der Waals surface area contributed by atoms with E-state index in [1.807, 2.05) is 0 Å². The van der Waals surface area contributed by atoms with Crippen molar-refractivity contribution >= 4 is 12.6 Å². The monoisotopic (exact) mass is 249 g/mol. The molecule has 0 aliphatic carbocycles. The summed E-state index contributed by atoms with van der Waals surface area (Å²) in [6, 6.07) is 0.648. The molecule has 0 spiro atoms. The number of hydrogen-bond acceptors (Lipinski definition) is 4. The third kappa shape index (κ3) is 7.49. The molecule has 0 fully saturated rings. The molecule has 0 saturated carbocycles. The van der Waals surface area contributed by atoms with Crippen molar-refractivity contribution in [3.63, 3.8) is 0 Å². The maximum absolute atomic E-state index is 5.47. The van der Waals surface area contributed by atoms with Crippen LogP contribution in [0.15, 0.2) is 0 Å². The molecule has 0 radical (unpaired) electrons. The van der Waals surface area contributed by atoms with Crippen molar-refractivity contribution in [2.24, 2.45) is 0 Å². The summed E-state index contributed by atoms with van der Waals surface area (Å²) >= 11 is 4.12. The molecule has 0 bridgehead atoms. The molecule has 0 aliphatic heterocycles. The predicted molar refractivity (Wildman–Crippen MR) is 72.5 cm³/mol. The zero-order valence-corrected chi connectivity index (χ0v) is 11.8. The molecule has 0 aliphatic rings. The highest BCUT2D eigenvalue weighted by Crippen LogP contribution is 2.07. The summed E-state index contributed by atoms with van der Waals surface area (Å²) < 4.78 is 10.6. The van der Waals surface area contributed by atoms with Crippen LogP contribution in [0, 0.1) is 0 Å². The first-order valence-corrected chi connectivity index (χ1v) is 6.84. The average molecular weight is 249 g/mol. The highest BCUT2D eigenvalue weighted by Gasteiger charge is 2.14. The second-order valence-corrected chi connectivity index (χ2v) is 4.28. The van der Waals surface area contributed by atoms with E-state index in [0.29, 0.717) is 6.04 Å². The summed E-state index contributed by atoms with van der Waals surface area (Å²) in [5, 5.41) is 0. The van der Waals surface area contributed by atoms with Crippen LogP contribution in [0.3, 0.4) is 0 Å². The maximum Gasteiger partial charge on any atom is 0.0593 e. The van der Waals surface area contributed by atoms with Crippen molar-refractivity contribution in [3.05, 3.63) is 0 Å². The molecule has 0 amide bonds. The largest absolute Gasteiger partial charge is 0.383 e. The summed E-state index contributed by atoms with van der Waals surface area (Å²) in [6.07, 6.45) is 2.37. The minimum atomic E-state index is 0.648. The van der Waals surface area contributed by atoms with Gasteiger partial charge in [0.05, 0.1) is 19.8 Å². The van der Waals surface area contributed by atoms with E-state index in [-0.39, 0.29) is 0 Å². The van der Waals surface area contributed by atoms with Gasteiger partial charge in [-0.25, -0.2) is 0 Å². The first-order valence-electron chi connectivity index (χ1n) is 6.21. The second kappa shape index (κ2) is 11.7. The van der Waals surface area contributed by atoms with Crippen LogP contribution in [0.1, 0.15) is 26.7 Å². The van der Waals surface area contributed by atoms with Crippen molar-refractivity contribution in [1.29, 1.82) is 0 Å². The standard InChI is InChI=1S/C12H27NO2S/c1-4-12(5-2)13(6-8-14-3)7-9-15-10-11-16/h12,16H,4-11H2,1-3H3. The summed E-state index contributed by atoms with van der Waals surface area (Å²) in [5.74, 6) is 0.795. The van der Waals surface area contributed by atoms with Crippen LogP contribution in [-0.2, 0) is 9.47 Å². The molecule has 0 saturated heterocycles. The van der Waals surface area contributed by atoms with Crippen molar-refractivity contribution < 1.29 is 9.47 Å². The molecule has 0 heterocycles. The summed E-state index contributed by atoms with van der Waals surface area (Å²) in [4.78, 5) is 2.46. The predicted octanol–water partition coefficient (Wildman–Crippen LogP) is 2.07. The molecule has 3 nitrogen and oxygen atoms in total. The molecule has 0 aromatic rings. The molecule has 4 heteroatoms. The van der Waals surface area contributed by atoms with Crippen LogP contribution in [0.2, 0.25) is 0 Å². The quantitative estimate of drug-likeness (QED) is 0.447. The fraction of sp³-hybridized carbons (Fsp3) is 1.00. The van der Waals surface area contributed by atoms with Crippen LogP contribution >= 0.6 is 12.6 Å². The van der Waals surface area contributed by atoms with E-state index < -0.39 is 0 Å². The SMILES string of the molecule is CCC(CC)N(CCOC)CCOCCS. The Labute approximate surface area is 106 Å². The van der Waals surface area contributed by atoms with Crippen molar-refractivity contribution in [3.8, 4) is 0 Å². The zero-order chi connectivity index (χ0) is 12.2. The number of methoxy groups -OCH3 is 1. The molecular formula is C12H27NO2S. The number of hydrogen-bond donors (Lipinski definition) is 1. The highest BCUT2D eigenvalue weighted by atomic mass is 32.1. The van der Waals surface area contributed by atoms with Crippen molar-refractivity contribution in [2.75, 3.05) is 45.8 Å². The summed E-state index contributed by atoms with van der Waals surface area (Å²) in [6.45, 7) is 8.79. The third-order valence-electron chi connectivity index (χ3n) is 2.80. The lowest BCUT2D eigenvalue weighted by Gasteiger charge is -2.30. The van der Waals surface area contributed by atoms with E-state index >= 15 is 0 Å². The van der Waals surface area contributed by atoms with Gasteiger partial charge in [0.2, 0.25) is 0 Å². The van der Waals surface area contributed by atoms with E-state index in [9.17, 15) is 0 Å². The fourth-order valence-electron chi connectivity index (χ4n) is 1.84. The Morgan fingerprint density at radius 1 is 1.06 bits per heavy atom. The molecule has 0 atom stereocenters. The van der Waals surface area contributed by atoms with E-state index in [1.165, 1.54) is 12.8 Å². The van der Waals surface area contributed by atoms with E-state index in [0.717, 1.165) is 38.7 Å². The molecule has 0 N–H and O–H groups in total. The van der Waals surface area contributed by atoms with Crippen molar-refractivity contribution in [1.82, 2.24) is 4.90 Å². The molecule has 98 valence electrons. The van der Waals surface area contributed by atoms with Crippen LogP contribution < -0.4 is 0 Å². The molecule has 16 heavy (non-hydrogen) atoms. The van der Waals surface area contributed by atoms with Gasteiger partial charge in [-0.2, -0.15) is 12.6 Å². The Morgan fingerprint density at radius 2 is 1.69 bits per heavy atom. The van der Waals surface area contributed by atoms with Gasteiger partial charge in [-0.1, -0.05) is 13.8 Å². The highest BCUT2D eigenvalue weighted by molar-refractivity contribution is 7.80. The normalized spacial score (nSPS) is 11.6. The zero-order valence-electron chi connectivity index (χ0n) is 10.9. The second-order valence-electron chi connectivity index (χ2n) is 3.84. The maximum atomic E-state index is 5.47. The number of ether oxygens (including phenoxy) is 2. The van der Waals surface area contributed by atoms with Crippen LogP contribution in [-0.4, -0.2) is 56.7 Å². The molecular weight excluding hydrogens is 222 g/mol. The number of rotatable bonds is 11. The summed E-state index contributed by atoms with van der Waals surface area (Å²) in [7, 11) is 1.75. The average Bonchev–Trinajstić information content (AvgIpc) is 2.31. The Kier molecular flexibility index (Phi) is 11.9. The molecule has 0 aromatic carbocycles.